The highest BCUT2D eigenvalue weighted by atomic mass is 16.5. The topological polar surface area (TPSA) is 106 Å². The van der Waals surface area contributed by atoms with E-state index in [0.717, 1.165) is 25.7 Å². The van der Waals surface area contributed by atoms with Gasteiger partial charge in [0.05, 0.1) is 13.3 Å². The minimum absolute atomic E-state index is 0.0429. The average Bonchev–Trinajstić information content (AvgIpc) is 3.10. The molecule has 2 aromatic rings. The molecule has 4 rings (SSSR count). The number of aliphatic hydroxyl groups is 1. The van der Waals surface area contributed by atoms with E-state index in [9.17, 15) is 5.11 Å². The molecule has 1 atom stereocenters. The van der Waals surface area contributed by atoms with Gasteiger partial charge in [-0.25, -0.2) is 4.98 Å². The summed E-state index contributed by atoms with van der Waals surface area (Å²) < 4.78 is 5.34. The number of ether oxygens (including phenoxy) is 1. The molecule has 8 heteroatoms. The third-order valence-electron chi connectivity index (χ3n) is 6.41. The Balaban J connectivity index is 1.55. The van der Waals surface area contributed by atoms with Gasteiger partial charge in [0.25, 0.3) is 0 Å². The van der Waals surface area contributed by atoms with Gasteiger partial charge in [0, 0.05) is 17.6 Å². The fraction of sp³-hybridized carbons (Fsp3) is 0.476. The summed E-state index contributed by atoms with van der Waals surface area (Å²) in [5, 5.41) is 26.7. The van der Waals surface area contributed by atoms with Crippen molar-refractivity contribution in [2.75, 3.05) is 25.6 Å². The lowest BCUT2D eigenvalue weighted by Gasteiger charge is -2.45. The van der Waals surface area contributed by atoms with Crippen LogP contribution < -0.4 is 20.3 Å². The maximum atomic E-state index is 10.7. The van der Waals surface area contributed by atoms with Gasteiger partial charge in [-0.1, -0.05) is 30.3 Å². The lowest BCUT2D eigenvalue weighted by atomic mass is 9.69. The molecular formula is C21H26N6O2. The molecule has 1 aromatic heterocycles. The number of nitriles is 1. The Kier molecular flexibility index (Phi) is 5.13. The monoisotopic (exact) mass is 394 g/mol. The quantitative estimate of drug-likeness (QED) is 0.716. The standard InChI is InChI=1S/C21H26N6O2/c1-23-21(15-6-4-3-5-7-15)10-8-20(9-11-21)14-27(19(28)26-20)16-13-24-17(12-22)25-18(16)29-2/h3-7,13,19,23,26,28H,8-11,14H2,1-2H3. The largest absolute Gasteiger partial charge is 0.479 e. The number of aliphatic hydroxyl groups excluding tert-OH is 1. The lowest BCUT2D eigenvalue weighted by Crippen LogP contribution is -2.54. The van der Waals surface area contributed by atoms with E-state index in [-0.39, 0.29) is 16.9 Å². The zero-order valence-electron chi connectivity index (χ0n) is 16.7. The van der Waals surface area contributed by atoms with Crippen LogP contribution in [0.4, 0.5) is 5.69 Å². The van der Waals surface area contributed by atoms with Gasteiger partial charge in [-0.15, -0.1) is 0 Å². The average molecular weight is 394 g/mol. The molecule has 1 saturated heterocycles. The molecule has 1 saturated carbocycles. The van der Waals surface area contributed by atoms with Gasteiger partial charge in [0.1, 0.15) is 11.8 Å². The third-order valence-corrected chi connectivity index (χ3v) is 6.41. The third kappa shape index (κ3) is 3.42. The van der Waals surface area contributed by atoms with Crippen molar-refractivity contribution >= 4 is 5.69 Å². The van der Waals surface area contributed by atoms with Crippen LogP contribution in [0.1, 0.15) is 37.1 Å². The van der Waals surface area contributed by atoms with Gasteiger partial charge in [-0.05, 0) is 38.3 Å². The van der Waals surface area contributed by atoms with E-state index in [1.807, 2.05) is 24.1 Å². The number of aromatic nitrogens is 2. The van der Waals surface area contributed by atoms with Crippen LogP contribution in [0.15, 0.2) is 36.5 Å². The van der Waals surface area contributed by atoms with Gasteiger partial charge in [0.15, 0.2) is 6.35 Å². The van der Waals surface area contributed by atoms with E-state index in [0.29, 0.717) is 18.1 Å². The molecular weight excluding hydrogens is 368 g/mol. The van der Waals surface area contributed by atoms with E-state index in [1.54, 1.807) is 6.20 Å². The summed E-state index contributed by atoms with van der Waals surface area (Å²) in [5.74, 6) is 0.334. The van der Waals surface area contributed by atoms with Gasteiger partial charge < -0.3 is 20.1 Å². The molecule has 1 unspecified atom stereocenters. The Morgan fingerprint density at radius 3 is 2.62 bits per heavy atom. The highest BCUT2D eigenvalue weighted by molar-refractivity contribution is 5.56. The molecule has 2 fully saturated rings. The SMILES string of the molecule is CNC1(c2ccccc2)CCC2(CC1)CN(c1cnc(C#N)nc1OC)C(O)N2. The van der Waals surface area contributed by atoms with E-state index in [4.69, 9.17) is 10.00 Å². The molecule has 1 aliphatic carbocycles. The summed E-state index contributed by atoms with van der Waals surface area (Å²) in [6.07, 6.45) is 4.42. The zero-order chi connectivity index (χ0) is 20.5. The number of hydrogen-bond donors (Lipinski definition) is 3. The van der Waals surface area contributed by atoms with Gasteiger partial charge in [0.2, 0.25) is 11.7 Å². The molecule has 1 aromatic carbocycles. The molecule has 1 aliphatic heterocycles. The molecule has 152 valence electrons. The molecule has 8 nitrogen and oxygen atoms in total. The van der Waals surface area contributed by atoms with Crippen molar-refractivity contribution < 1.29 is 9.84 Å². The van der Waals surface area contributed by atoms with Crippen molar-refractivity contribution in [3.63, 3.8) is 0 Å². The minimum atomic E-state index is -0.862. The summed E-state index contributed by atoms with van der Waals surface area (Å²) in [6.45, 7) is 0.619. The Labute approximate surface area is 170 Å². The van der Waals surface area contributed by atoms with Crippen molar-refractivity contribution in [1.82, 2.24) is 20.6 Å². The highest BCUT2D eigenvalue weighted by Crippen LogP contribution is 2.44. The maximum absolute atomic E-state index is 10.7. The zero-order valence-corrected chi connectivity index (χ0v) is 16.7. The molecule has 0 amide bonds. The van der Waals surface area contributed by atoms with Crippen LogP contribution in [0.3, 0.4) is 0 Å². The first kappa shape index (κ1) is 19.6. The van der Waals surface area contributed by atoms with Crippen molar-refractivity contribution in [2.45, 2.75) is 43.1 Å². The second kappa shape index (κ2) is 7.59. The second-order valence-electron chi connectivity index (χ2n) is 7.82. The number of nitrogens with one attached hydrogen (secondary N) is 2. The first-order valence-corrected chi connectivity index (χ1v) is 9.83. The molecule has 3 N–H and O–H groups in total. The summed E-state index contributed by atoms with van der Waals surface area (Å²) in [4.78, 5) is 9.98. The van der Waals surface area contributed by atoms with Gasteiger partial charge in [-0.3, -0.25) is 5.32 Å². The van der Waals surface area contributed by atoms with Crippen LogP contribution in [0.2, 0.25) is 0 Å². The number of methoxy groups -OCH3 is 1. The summed E-state index contributed by atoms with van der Waals surface area (Å²) >= 11 is 0. The normalized spacial score (nSPS) is 29.0. The van der Waals surface area contributed by atoms with E-state index in [2.05, 4.69) is 44.9 Å². The van der Waals surface area contributed by atoms with Crippen molar-refractivity contribution in [1.29, 1.82) is 5.26 Å². The predicted octanol–water partition coefficient (Wildman–Crippen LogP) is 1.47. The number of hydrogen-bond acceptors (Lipinski definition) is 8. The number of anilines is 1. The van der Waals surface area contributed by atoms with Crippen LogP contribution in [0.5, 0.6) is 5.88 Å². The smallest absolute Gasteiger partial charge is 0.241 e. The number of benzene rings is 1. The molecule has 2 heterocycles. The van der Waals surface area contributed by atoms with Crippen LogP contribution in [0.25, 0.3) is 0 Å². The highest BCUT2D eigenvalue weighted by Gasteiger charge is 2.49. The molecule has 0 radical (unpaired) electrons. The summed E-state index contributed by atoms with van der Waals surface area (Å²) in [5.41, 5.74) is 1.63. The molecule has 1 spiro atoms. The molecule has 29 heavy (non-hydrogen) atoms. The Bertz CT molecular complexity index is 905. The van der Waals surface area contributed by atoms with Crippen LogP contribution in [0, 0.1) is 11.3 Å². The van der Waals surface area contributed by atoms with Crippen LogP contribution in [-0.4, -0.2) is 47.7 Å². The van der Waals surface area contributed by atoms with E-state index in [1.165, 1.54) is 12.7 Å². The van der Waals surface area contributed by atoms with Crippen LogP contribution in [-0.2, 0) is 5.54 Å². The number of nitrogens with zero attached hydrogens (tertiary/aromatic N) is 4. The fourth-order valence-electron chi connectivity index (χ4n) is 4.69. The Morgan fingerprint density at radius 1 is 1.28 bits per heavy atom. The first-order valence-electron chi connectivity index (χ1n) is 9.83. The predicted molar refractivity (Wildman–Crippen MR) is 108 cm³/mol. The van der Waals surface area contributed by atoms with Crippen molar-refractivity contribution in [3.8, 4) is 11.9 Å². The minimum Gasteiger partial charge on any atom is -0.479 e. The number of rotatable bonds is 4. The summed E-state index contributed by atoms with van der Waals surface area (Å²) in [6, 6.07) is 12.5. The lowest BCUT2D eigenvalue weighted by molar-refractivity contribution is 0.107. The van der Waals surface area contributed by atoms with Crippen LogP contribution >= 0.6 is 0 Å². The Hall–Kier alpha value is -2.73. The second-order valence-corrected chi connectivity index (χ2v) is 7.82. The summed E-state index contributed by atoms with van der Waals surface area (Å²) in [7, 11) is 3.52. The van der Waals surface area contributed by atoms with Crippen molar-refractivity contribution in [3.05, 3.63) is 47.9 Å². The van der Waals surface area contributed by atoms with E-state index < -0.39 is 6.35 Å². The Morgan fingerprint density at radius 2 is 2.00 bits per heavy atom. The van der Waals surface area contributed by atoms with Crippen molar-refractivity contribution in [2.24, 2.45) is 0 Å². The fourth-order valence-corrected chi connectivity index (χ4v) is 4.69. The first-order chi connectivity index (χ1) is 14.0. The maximum Gasteiger partial charge on any atom is 0.241 e. The van der Waals surface area contributed by atoms with Gasteiger partial charge >= 0.3 is 0 Å². The molecule has 0 bridgehead atoms. The van der Waals surface area contributed by atoms with Gasteiger partial charge in [-0.2, -0.15) is 10.2 Å². The van der Waals surface area contributed by atoms with E-state index >= 15 is 0 Å². The molecule has 2 aliphatic rings.